The molecule has 0 heterocycles. The number of hydrogen-bond donors (Lipinski definition) is 1. The van der Waals surface area contributed by atoms with Crippen LogP contribution in [0.2, 0.25) is 0 Å². The van der Waals surface area contributed by atoms with Crippen LogP contribution < -0.4 is 5.32 Å². The molecule has 0 aliphatic rings. The molecular weight excluding hydrogens is 307 g/mol. The van der Waals surface area contributed by atoms with Crippen LogP contribution in [0.1, 0.15) is 26.3 Å². The second-order valence-electron chi connectivity index (χ2n) is 5.50. The van der Waals surface area contributed by atoms with Gasteiger partial charge in [-0.3, -0.25) is 9.79 Å². The van der Waals surface area contributed by atoms with Gasteiger partial charge in [0.2, 0.25) is 5.91 Å². The zero-order chi connectivity index (χ0) is 17.9. The van der Waals surface area contributed by atoms with Gasteiger partial charge in [0.25, 0.3) is 0 Å². The van der Waals surface area contributed by atoms with Crippen molar-refractivity contribution in [3.63, 3.8) is 0 Å². The van der Waals surface area contributed by atoms with Crippen molar-refractivity contribution in [2.24, 2.45) is 4.99 Å². The first-order valence-corrected chi connectivity index (χ1v) is 8.54. The SMILES string of the molecule is CCNC(=NCCc1ccccc1F)N(C)CC(=O)N(CC)CC. The van der Waals surface area contributed by atoms with E-state index in [-0.39, 0.29) is 18.3 Å². The minimum absolute atomic E-state index is 0.0715. The van der Waals surface area contributed by atoms with Gasteiger partial charge in [-0.1, -0.05) is 18.2 Å². The highest BCUT2D eigenvalue weighted by Gasteiger charge is 2.14. The van der Waals surface area contributed by atoms with E-state index in [2.05, 4.69) is 10.3 Å². The van der Waals surface area contributed by atoms with E-state index in [0.29, 0.717) is 44.1 Å². The predicted molar refractivity (Wildman–Crippen MR) is 96.6 cm³/mol. The summed E-state index contributed by atoms with van der Waals surface area (Å²) in [6.45, 7) is 8.76. The number of nitrogens with one attached hydrogen (secondary N) is 1. The molecule has 134 valence electrons. The fourth-order valence-corrected chi connectivity index (χ4v) is 2.41. The van der Waals surface area contributed by atoms with Crippen LogP contribution in [0.5, 0.6) is 0 Å². The van der Waals surface area contributed by atoms with E-state index in [0.717, 1.165) is 0 Å². The van der Waals surface area contributed by atoms with Crippen LogP contribution in [0, 0.1) is 5.82 Å². The molecule has 0 unspecified atom stereocenters. The summed E-state index contributed by atoms with van der Waals surface area (Å²) in [5.41, 5.74) is 0.652. The van der Waals surface area contributed by atoms with Gasteiger partial charge in [0.05, 0.1) is 6.54 Å². The zero-order valence-corrected chi connectivity index (χ0v) is 15.2. The van der Waals surface area contributed by atoms with Crippen molar-refractivity contribution >= 4 is 11.9 Å². The second-order valence-corrected chi connectivity index (χ2v) is 5.50. The third-order valence-corrected chi connectivity index (χ3v) is 3.79. The van der Waals surface area contributed by atoms with Crippen LogP contribution in [-0.4, -0.2) is 61.4 Å². The fraction of sp³-hybridized carbons (Fsp3) is 0.556. The van der Waals surface area contributed by atoms with Crippen molar-refractivity contribution in [1.82, 2.24) is 15.1 Å². The van der Waals surface area contributed by atoms with Crippen LogP contribution in [0.25, 0.3) is 0 Å². The van der Waals surface area contributed by atoms with Crippen LogP contribution in [0.15, 0.2) is 29.3 Å². The number of amides is 1. The molecule has 1 rings (SSSR count). The Morgan fingerprint density at radius 1 is 1.21 bits per heavy atom. The summed E-state index contributed by atoms with van der Waals surface area (Å²) >= 11 is 0. The summed E-state index contributed by atoms with van der Waals surface area (Å²) in [6, 6.07) is 6.73. The van der Waals surface area contributed by atoms with Crippen LogP contribution in [-0.2, 0) is 11.2 Å². The first kappa shape index (κ1) is 19.9. The van der Waals surface area contributed by atoms with Crippen molar-refractivity contribution in [2.45, 2.75) is 27.2 Å². The van der Waals surface area contributed by atoms with E-state index in [1.807, 2.05) is 38.8 Å². The van der Waals surface area contributed by atoms with Crippen molar-refractivity contribution in [1.29, 1.82) is 0 Å². The van der Waals surface area contributed by atoms with Gasteiger partial charge in [0.15, 0.2) is 5.96 Å². The highest BCUT2D eigenvalue weighted by Crippen LogP contribution is 2.07. The maximum atomic E-state index is 13.6. The third kappa shape index (κ3) is 6.18. The molecule has 1 aromatic carbocycles. The van der Waals surface area contributed by atoms with Gasteiger partial charge < -0.3 is 15.1 Å². The Hall–Kier alpha value is -2.11. The Labute approximate surface area is 144 Å². The van der Waals surface area contributed by atoms with Gasteiger partial charge in [-0.15, -0.1) is 0 Å². The average Bonchev–Trinajstić information content (AvgIpc) is 2.56. The summed E-state index contributed by atoms with van der Waals surface area (Å²) in [5.74, 6) is 0.527. The molecule has 0 aromatic heterocycles. The maximum Gasteiger partial charge on any atom is 0.242 e. The number of likely N-dealkylation sites (N-methyl/N-ethyl adjacent to an activating group) is 2. The number of rotatable bonds is 8. The largest absolute Gasteiger partial charge is 0.357 e. The Morgan fingerprint density at radius 3 is 2.46 bits per heavy atom. The molecule has 0 aliphatic carbocycles. The van der Waals surface area contributed by atoms with E-state index in [1.54, 1.807) is 17.0 Å². The van der Waals surface area contributed by atoms with Gasteiger partial charge in [-0.05, 0) is 38.8 Å². The van der Waals surface area contributed by atoms with E-state index in [9.17, 15) is 9.18 Å². The smallest absolute Gasteiger partial charge is 0.242 e. The summed E-state index contributed by atoms with van der Waals surface area (Å²) in [5, 5.41) is 3.18. The van der Waals surface area contributed by atoms with Crippen molar-refractivity contribution < 1.29 is 9.18 Å². The molecule has 6 heteroatoms. The number of guanidine groups is 1. The fourth-order valence-electron chi connectivity index (χ4n) is 2.41. The molecule has 5 nitrogen and oxygen atoms in total. The standard InChI is InChI=1S/C18H29FN4O/c1-5-20-18(22(4)14-17(24)23(6-2)7-3)21-13-12-15-10-8-9-11-16(15)19/h8-11H,5-7,12-14H2,1-4H3,(H,20,21). The van der Waals surface area contributed by atoms with E-state index >= 15 is 0 Å². The first-order valence-electron chi connectivity index (χ1n) is 8.54. The Morgan fingerprint density at radius 2 is 1.88 bits per heavy atom. The summed E-state index contributed by atoms with van der Waals surface area (Å²) in [4.78, 5) is 20.3. The highest BCUT2D eigenvalue weighted by atomic mass is 19.1. The summed E-state index contributed by atoms with van der Waals surface area (Å²) < 4.78 is 13.6. The molecule has 1 aromatic rings. The molecular formula is C18H29FN4O. The van der Waals surface area contributed by atoms with Crippen LogP contribution in [0.3, 0.4) is 0 Å². The van der Waals surface area contributed by atoms with Crippen LogP contribution >= 0.6 is 0 Å². The first-order chi connectivity index (χ1) is 11.5. The zero-order valence-electron chi connectivity index (χ0n) is 15.2. The molecule has 0 bridgehead atoms. The Bertz CT molecular complexity index is 544. The molecule has 0 fully saturated rings. The number of nitrogens with zero attached hydrogens (tertiary/aromatic N) is 3. The minimum Gasteiger partial charge on any atom is -0.357 e. The maximum absolute atomic E-state index is 13.6. The van der Waals surface area contributed by atoms with Gasteiger partial charge in [-0.25, -0.2) is 4.39 Å². The molecule has 1 amide bonds. The van der Waals surface area contributed by atoms with Gasteiger partial charge in [0, 0.05) is 33.2 Å². The number of halogens is 1. The van der Waals surface area contributed by atoms with Crippen LogP contribution in [0.4, 0.5) is 4.39 Å². The lowest BCUT2D eigenvalue weighted by atomic mass is 10.1. The molecule has 0 atom stereocenters. The topological polar surface area (TPSA) is 47.9 Å². The monoisotopic (exact) mass is 336 g/mol. The number of benzene rings is 1. The Kier molecular flexibility index (Phi) is 8.83. The molecule has 24 heavy (non-hydrogen) atoms. The highest BCUT2D eigenvalue weighted by molar-refractivity contribution is 5.86. The lowest BCUT2D eigenvalue weighted by Gasteiger charge is -2.25. The van der Waals surface area contributed by atoms with E-state index < -0.39 is 0 Å². The van der Waals surface area contributed by atoms with Crippen molar-refractivity contribution in [3.8, 4) is 0 Å². The molecule has 0 aliphatic heterocycles. The second kappa shape index (κ2) is 10.6. The minimum atomic E-state index is -0.206. The van der Waals surface area contributed by atoms with E-state index in [4.69, 9.17) is 0 Å². The third-order valence-electron chi connectivity index (χ3n) is 3.79. The Balaban J connectivity index is 2.67. The number of carbonyl (C=O) groups excluding carboxylic acids is 1. The van der Waals surface area contributed by atoms with Crippen molar-refractivity contribution in [2.75, 3.05) is 39.8 Å². The molecule has 1 N–H and O–H groups in total. The molecule has 0 saturated heterocycles. The van der Waals surface area contributed by atoms with Crippen molar-refractivity contribution in [3.05, 3.63) is 35.6 Å². The number of aliphatic imine (C=N–C) groups is 1. The average molecular weight is 336 g/mol. The lowest BCUT2D eigenvalue weighted by Crippen LogP contribution is -2.45. The quantitative estimate of drug-likeness (QED) is 0.584. The molecule has 0 saturated carbocycles. The summed E-state index contributed by atoms with van der Waals surface area (Å²) in [7, 11) is 1.84. The van der Waals surface area contributed by atoms with E-state index in [1.165, 1.54) is 6.07 Å². The number of hydrogen-bond acceptors (Lipinski definition) is 2. The van der Waals surface area contributed by atoms with Gasteiger partial charge in [0.1, 0.15) is 5.82 Å². The predicted octanol–water partition coefficient (Wildman–Crippen LogP) is 2.13. The molecule has 0 spiro atoms. The lowest BCUT2D eigenvalue weighted by molar-refractivity contribution is -0.131. The number of carbonyl (C=O) groups is 1. The molecule has 0 radical (unpaired) electrons. The van der Waals surface area contributed by atoms with Gasteiger partial charge in [-0.2, -0.15) is 0 Å². The normalized spacial score (nSPS) is 11.3. The summed E-state index contributed by atoms with van der Waals surface area (Å²) in [6.07, 6.45) is 0.527. The van der Waals surface area contributed by atoms with Gasteiger partial charge >= 0.3 is 0 Å².